The Morgan fingerprint density at radius 2 is 2.00 bits per heavy atom. The molecule has 1 atom stereocenters. The zero-order chi connectivity index (χ0) is 12.5. The molecule has 0 amide bonds. The highest BCUT2D eigenvalue weighted by molar-refractivity contribution is 9.09. The van der Waals surface area contributed by atoms with Gasteiger partial charge in [-0.1, -0.05) is 33.6 Å². The molecule has 88 valence electrons. The van der Waals surface area contributed by atoms with E-state index in [1.807, 2.05) is 0 Å². The third kappa shape index (κ3) is 2.98. The summed E-state index contributed by atoms with van der Waals surface area (Å²) in [6.45, 7) is 1.33. The SMILES string of the molecule is CC(=O)C(Br)c1ccc(C(F)(F)F)cc1Cl. The maximum absolute atomic E-state index is 12.3. The lowest BCUT2D eigenvalue weighted by Gasteiger charge is -2.12. The van der Waals surface area contributed by atoms with E-state index in [1.165, 1.54) is 13.0 Å². The van der Waals surface area contributed by atoms with Crippen molar-refractivity contribution in [3.05, 3.63) is 34.3 Å². The molecule has 0 aliphatic heterocycles. The highest BCUT2D eigenvalue weighted by Crippen LogP contribution is 2.36. The number of hydrogen-bond donors (Lipinski definition) is 0. The van der Waals surface area contributed by atoms with E-state index in [1.54, 1.807) is 0 Å². The Morgan fingerprint density at radius 3 is 2.38 bits per heavy atom. The molecule has 0 aromatic heterocycles. The number of carbonyl (C=O) groups excluding carboxylic acids is 1. The van der Waals surface area contributed by atoms with Gasteiger partial charge in [-0.3, -0.25) is 4.79 Å². The second-order valence-corrected chi connectivity index (χ2v) is 4.53. The molecule has 0 heterocycles. The Bertz CT molecular complexity index is 417. The molecule has 1 nitrogen and oxygen atoms in total. The minimum Gasteiger partial charge on any atom is -0.298 e. The van der Waals surface area contributed by atoms with Crippen molar-refractivity contribution in [3.63, 3.8) is 0 Å². The lowest BCUT2D eigenvalue weighted by atomic mass is 10.1. The molecule has 0 bridgehead atoms. The molecule has 1 aromatic carbocycles. The number of ketones is 1. The topological polar surface area (TPSA) is 17.1 Å². The summed E-state index contributed by atoms with van der Waals surface area (Å²) < 4.78 is 37.0. The zero-order valence-corrected chi connectivity index (χ0v) is 10.4. The van der Waals surface area contributed by atoms with Crippen LogP contribution in [0.2, 0.25) is 5.02 Å². The molecular formula is C10H7BrClF3O. The molecule has 0 saturated carbocycles. The van der Waals surface area contributed by atoms with Gasteiger partial charge < -0.3 is 0 Å². The first-order valence-electron chi connectivity index (χ1n) is 4.24. The van der Waals surface area contributed by atoms with Crippen LogP contribution in [0.4, 0.5) is 13.2 Å². The molecule has 0 aliphatic carbocycles. The molecule has 1 aromatic rings. The second kappa shape index (κ2) is 4.75. The molecule has 0 saturated heterocycles. The van der Waals surface area contributed by atoms with E-state index in [2.05, 4.69) is 15.9 Å². The van der Waals surface area contributed by atoms with Gasteiger partial charge in [0.15, 0.2) is 0 Å². The van der Waals surface area contributed by atoms with Crippen molar-refractivity contribution in [2.24, 2.45) is 0 Å². The molecule has 1 unspecified atom stereocenters. The summed E-state index contributed by atoms with van der Waals surface area (Å²) in [5, 5.41) is -0.0769. The molecule has 0 aliphatic rings. The van der Waals surface area contributed by atoms with Gasteiger partial charge in [0.1, 0.15) is 5.78 Å². The normalized spacial score (nSPS) is 13.6. The van der Waals surface area contributed by atoms with Crippen molar-refractivity contribution in [3.8, 4) is 0 Å². The van der Waals surface area contributed by atoms with E-state index in [0.717, 1.165) is 12.1 Å². The summed E-state index contributed by atoms with van der Waals surface area (Å²) in [5.74, 6) is -0.221. The average molecular weight is 316 g/mol. The lowest BCUT2D eigenvalue weighted by molar-refractivity contribution is -0.137. The minimum atomic E-state index is -4.43. The van der Waals surface area contributed by atoms with E-state index < -0.39 is 16.6 Å². The van der Waals surface area contributed by atoms with E-state index >= 15 is 0 Å². The molecule has 0 fully saturated rings. The molecule has 1 rings (SSSR count). The minimum absolute atomic E-state index is 0.0769. The summed E-state index contributed by atoms with van der Waals surface area (Å²) in [6, 6.07) is 2.92. The summed E-state index contributed by atoms with van der Waals surface area (Å²) in [7, 11) is 0. The fraction of sp³-hybridized carbons (Fsp3) is 0.300. The first-order chi connectivity index (χ1) is 7.23. The van der Waals surface area contributed by atoms with Crippen LogP contribution in [0.5, 0.6) is 0 Å². The summed E-state index contributed by atoms with van der Waals surface area (Å²) >= 11 is 8.75. The Hall–Kier alpha value is -0.550. The quantitative estimate of drug-likeness (QED) is 0.740. The van der Waals surface area contributed by atoms with Gasteiger partial charge in [0.25, 0.3) is 0 Å². The third-order valence-electron chi connectivity index (χ3n) is 1.96. The summed E-state index contributed by atoms with van der Waals surface area (Å²) in [6.07, 6.45) is -4.43. The van der Waals surface area contributed by atoms with E-state index in [-0.39, 0.29) is 10.8 Å². The highest BCUT2D eigenvalue weighted by Gasteiger charge is 2.31. The van der Waals surface area contributed by atoms with E-state index in [0.29, 0.717) is 5.56 Å². The van der Waals surface area contributed by atoms with Gasteiger partial charge in [0.2, 0.25) is 0 Å². The Balaban J connectivity index is 3.15. The van der Waals surface area contributed by atoms with Crippen molar-refractivity contribution in [2.45, 2.75) is 17.9 Å². The second-order valence-electron chi connectivity index (χ2n) is 3.21. The van der Waals surface area contributed by atoms with Gasteiger partial charge in [-0.25, -0.2) is 0 Å². The van der Waals surface area contributed by atoms with Crippen LogP contribution in [0.25, 0.3) is 0 Å². The zero-order valence-electron chi connectivity index (χ0n) is 8.11. The van der Waals surface area contributed by atoms with Crippen LogP contribution >= 0.6 is 27.5 Å². The number of benzene rings is 1. The van der Waals surface area contributed by atoms with Gasteiger partial charge in [-0.05, 0) is 24.6 Å². The Labute approximate surface area is 104 Å². The van der Waals surface area contributed by atoms with Crippen LogP contribution in [0.1, 0.15) is 22.9 Å². The predicted molar refractivity (Wildman–Crippen MR) is 58.8 cm³/mol. The van der Waals surface area contributed by atoms with Crippen LogP contribution in [-0.4, -0.2) is 5.78 Å². The van der Waals surface area contributed by atoms with Crippen LogP contribution < -0.4 is 0 Å². The average Bonchev–Trinajstić information content (AvgIpc) is 2.15. The van der Waals surface area contributed by atoms with Crippen LogP contribution in [0.15, 0.2) is 18.2 Å². The van der Waals surface area contributed by atoms with Crippen LogP contribution in [0.3, 0.4) is 0 Å². The lowest BCUT2D eigenvalue weighted by Crippen LogP contribution is -2.07. The first kappa shape index (κ1) is 13.5. The van der Waals surface area contributed by atoms with Crippen molar-refractivity contribution < 1.29 is 18.0 Å². The summed E-state index contributed by atoms with van der Waals surface area (Å²) in [5.41, 5.74) is -0.494. The predicted octanol–water partition coefficient (Wildman–Crippen LogP) is 4.38. The maximum atomic E-state index is 12.3. The van der Waals surface area contributed by atoms with Gasteiger partial charge >= 0.3 is 6.18 Å². The van der Waals surface area contributed by atoms with Gasteiger partial charge in [0, 0.05) is 5.02 Å². The molecule has 0 N–H and O–H groups in total. The number of rotatable bonds is 2. The highest BCUT2D eigenvalue weighted by atomic mass is 79.9. The maximum Gasteiger partial charge on any atom is 0.416 e. The Morgan fingerprint density at radius 1 is 1.44 bits per heavy atom. The number of Topliss-reactive ketones (excluding diaryl/α,β-unsaturated/α-hetero) is 1. The molecular weight excluding hydrogens is 308 g/mol. The van der Waals surface area contributed by atoms with Gasteiger partial charge in [-0.2, -0.15) is 13.2 Å². The standard InChI is InChI=1S/C10H7BrClF3O/c1-5(16)9(11)7-3-2-6(4-8(7)12)10(13,14)15/h2-4,9H,1H3. The number of alkyl halides is 4. The van der Waals surface area contributed by atoms with Crippen molar-refractivity contribution in [1.29, 1.82) is 0 Å². The monoisotopic (exact) mass is 314 g/mol. The first-order valence-corrected chi connectivity index (χ1v) is 5.54. The van der Waals surface area contributed by atoms with Crippen molar-refractivity contribution in [2.75, 3.05) is 0 Å². The van der Waals surface area contributed by atoms with Gasteiger partial charge in [0.05, 0.1) is 10.4 Å². The fourth-order valence-electron chi connectivity index (χ4n) is 1.13. The van der Waals surface area contributed by atoms with Crippen LogP contribution in [-0.2, 0) is 11.0 Å². The summed E-state index contributed by atoms with van der Waals surface area (Å²) in [4.78, 5) is 10.4. The van der Waals surface area contributed by atoms with Gasteiger partial charge in [-0.15, -0.1) is 0 Å². The molecule has 0 radical (unpaired) electrons. The molecule has 16 heavy (non-hydrogen) atoms. The number of hydrogen-bond acceptors (Lipinski definition) is 1. The van der Waals surface area contributed by atoms with E-state index in [4.69, 9.17) is 11.6 Å². The smallest absolute Gasteiger partial charge is 0.298 e. The molecule has 6 heteroatoms. The number of carbonyl (C=O) groups is 1. The fourth-order valence-corrected chi connectivity index (χ4v) is 1.95. The van der Waals surface area contributed by atoms with Crippen molar-refractivity contribution >= 4 is 33.3 Å². The third-order valence-corrected chi connectivity index (χ3v) is 3.42. The number of halogens is 5. The van der Waals surface area contributed by atoms with Crippen molar-refractivity contribution in [1.82, 2.24) is 0 Å². The Kier molecular flexibility index (Phi) is 4.02. The molecule has 0 spiro atoms. The van der Waals surface area contributed by atoms with Crippen LogP contribution in [0, 0.1) is 0 Å². The van der Waals surface area contributed by atoms with E-state index in [9.17, 15) is 18.0 Å². The largest absolute Gasteiger partial charge is 0.416 e.